The second-order valence-electron chi connectivity index (χ2n) is 9.86. The maximum atomic E-state index is 13.5. The number of aromatic nitrogens is 2. The number of imidazole rings is 1. The molecule has 1 aromatic heterocycles. The Morgan fingerprint density at radius 1 is 0.972 bits per heavy atom. The van der Waals surface area contributed by atoms with Crippen molar-refractivity contribution in [1.82, 2.24) is 24.7 Å². The van der Waals surface area contributed by atoms with Crippen molar-refractivity contribution in [3.63, 3.8) is 0 Å². The molecule has 0 spiro atoms. The van der Waals surface area contributed by atoms with Crippen molar-refractivity contribution in [1.29, 1.82) is 0 Å². The minimum atomic E-state index is -0.616. The molecule has 0 bridgehead atoms. The van der Waals surface area contributed by atoms with Crippen LogP contribution in [0.2, 0.25) is 0 Å². The van der Waals surface area contributed by atoms with E-state index in [1.54, 1.807) is 15.5 Å². The van der Waals surface area contributed by atoms with Crippen LogP contribution < -0.4 is 11.0 Å². The van der Waals surface area contributed by atoms with Crippen LogP contribution >= 0.6 is 0 Å². The zero-order valence-electron chi connectivity index (χ0n) is 19.6. The van der Waals surface area contributed by atoms with Crippen molar-refractivity contribution in [2.24, 2.45) is 0 Å². The van der Waals surface area contributed by atoms with Crippen LogP contribution in [0.1, 0.15) is 53.2 Å². The van der Waals surface area contributed by atoms with Crippen molar-refractivity contribution in [3.05, 3.63) is 69.4 Å². The number of carbonyl (C=O) groups excluding carboxylic acids is 3. The van der Waals surface area contributed by atoms with Gasteiger partial charge in [-0.2, -0.15) is 0 Å². The van der Waals surface area contributed by atoms with E-state index in [1.165, 1.54) is 12.1 Å². The van der Waals surface area contributed by atoms with E-state index in [2.05, 4.69) is 15.2 Å². The largest absolute Gasteiger partial charge is 0.326 e. The summed E-state index contributed by atoms with van der Waals surface area (Å²) in [4.78, 5) is 55.8. The summed E-state index contributed by atoms with van der Waals surface area (Å²) in [5.41, 5.74) is 3.62. The third-order valence-corrected chi connectivity index (χ3v) is 7.59. The first kappa shape index (κ1) is 22.7. The molecular formula is C26H26FN5O4. The SMILES string of the molecule is O=C1CCC(N2Cc3cc(CN4CCC(n5c(=O)[nH]c6cc(F)ccc65)CC4)ccc3C2=O)C(=O)N1. The lowest BCUT2D eigenvalue weighted by Crippen LogP contribution is -2.52. The number of nitrogens with one attached hydrogen (secondary N) is 2. The highest BCUT2D eigenvalue weighted by Gasteiger charge is 2.39. The van der Waals surface area contributed by atoms with E-state index < -0.39 is 11.9 Å². The fourth-order valence-electron chi connectivity index (χ4n) is 5.79. The summed E-state index contributed by atoms with van der Waals surface area (Å²) >= 11 is 0. The van der Waals surface area contributed by atoms with Crippen molar-refractivity contribution < 1.29 is 18.8 Å². The Hall–Kier alpha value is -3.79. The zero-order chi connectivity index (χ0) is 25.0. The number of aromatic amines is 1. The molecule has 3 aliphatic heterocycles. The summed E-state index contributed by atoms with van der Waals surface area (Å²) in [5.74, 6) is -1.25. The number of nitrogens with zero attached hydrogens (tertiary/aromatic N) is 3. The molecule has 0 aliphatic carbocycles. The van der Waals surface area contributed by atoms with Gasteiger partial charge in [0.15, 0.2) is 0 Å². The first-order valence-corrected chi connectivity index (χ1v) is 12.3. The number of imide groups is 1. The Bertz CT molecular complexity index is 1450. The van der Waals surface area contributed by atoms with Gasteiger partial charge in [-0.25, -0.2) is 9.18 Å². The topological polar surface area (TPSA) is 108 Å². The van der Waals surface area contributed by atoms with E-state index in [1.807, 2.05) is 18.2 Å². The van der Waals surface area contributed by atoms with E-state index in [0.717, 1.165) is 49.1 Å². The summed E-state index contributed by atoms with van der Waals surface area (Å²) in [5, 5.41) is 2.33. The third kappa shape index (κ3) is 3.91. The third-order valence-electron chi connectivity index (χ3n) is 7.59. The monoisotopic (exact) mass is 491 g/mol. The number of hydrogen-bond donors (Lipinski definition) is 2. The average molecular weight is 492 g/mol. The molecule has 3 aromatic rings. The smallest absolute Gasteiger partial charge is 0.322 e. The molecule has 9 nitrogen and oxygen atoms in total. The van der Waals surface area contributed by atoms with Gasteiger partial charge in [-0.3, -0.25) is 29.2 Å². The molecule has 10 heteroatoms. The van der Waals surface area contributed by atoms with Crippen LogP contribution in [0.25, 0.3) is 11.0 Å². The van der Waals surface area contributed by atoms with Crippen molar-refractivity contribution in [2.75, 3.05) is 13.1 Å². The van der Waals surface area contributed by atoms with Crippen molar-refractivity contribution in [2.45, 2.75) is 50.9 Å². The van der Waals surface area contributed by atoms with Crippen LogP contribution in [0.3, 0.4) is 0 Å². The van der Waals surface area contributed by atoms with Gasteiger partial charge in [0.25, 0.3) is 5.91 Å². The van der Waals surface area contributed by atoms with Gasteiger partial charge in [-0.1, -0.05) is 12.1 Å². The van der Waals surface area contributed by atoms with Crippen molar-refractivity contribution in [3.8, 4) is 0 Å². The Balaban J connectivity index is 1.11. The summed E-state index contributed by atoms with van der Waals surface area (Å²) in [6.45, 7) is 2.70. The number of benzene rings is 2. The summed E-state index contributed by atoms with van der Waals surface area (Å²) < 4.78 is 15.3. The van der Waals surface area contributed by atoms with Gasteiger partial charge in [0.2, 0.25) is 11.8 Å². The van der Waals surface area contributed by atoms with E-state index in [4.69, 9.17) is 0 Å². The highest BCUT2D eigenvalue weighted by Crippen LogP contribution is 2.30. The van der Waals surface area contributed by atoms with Crippen LogP contribution in [0.15, 0.2) is 41.2 Å². The number of carbonyl (C=O) groups is 3. The number of halogens is 1. The number of hydrogen-bond acceptors (Lipinski definition) is 5. The maximum Gasteiger partial charge on any atom is 0.326 e. The Morgan fingerprint density at radius 2 is 1.78 bits per heavy atom. The first-order valence-electron chi connectivity index (χ1n) is 12.3. The molecule has 4 heterocycles. The minimum absolute atomic E-state index is 0.0488. The molecule has 6 rings (SSSR count). The standard InChI is InChI=1S/C26H26FN5O4/c27-17-2-4-21-20(12-17)28-26(36)32(21)18-7-9-30(10-8-18)13-15-1-3-19-16(11-15)14-31(25(19)35)22-5-6-23(33)29-24(22)34/h1-4,11-12,18,22H,5-10,13-14H2,(H,28,36)(H,29,33,34). The number of amides is 3. The normalized spacial score (nSPS) is 21.3. The van der Waals surface area contributed by atoms with Crippen LogP contribution in [0, 0.1) is 5.82 Å². The van der Waals surface area contributed by atoms with E-state index in [9.17, 15) is 23.6 Å². The van der Waals surface area contributed by atoms with Crippen LogP contribution in [-0.4, -0.2) is 56.2 Å². The molecule has 0 saturated carbocycles. The van der Waals surface area contributed by atoms with Gasteiger partial charge >= 0.3 is 5.69 Å². The lowest BCUT2D eigenvalue weighted by Gasteiger charge is -2.32. The highest BCUT2D eigenvalue weighted by molar-refractivity contribution is 6.05. The average Bonchev–Trinajstić information content (AvgIpc) is 3.35. The van der Waals surface area contributed by atoms with Crippen LogP contribution in [0.5, 0.6) is 0 Å². The van der Waals surface area contributed by atoms with Gasteiger partial charge in [-0.05, 0) is 54.7 Å². The molecule has 0 radical (unpaired) electrons. The van der Waals surface area contributed by atoms with Gasteiger partial charge < -0.3 is 9.88 Å². The Kier molecular flexibility index (Phi) is 5.48. The number of rotatable bonds is 4. The van der Waals surface area contributed by atoms with E-state index in [0.29, 0.717) is 24.0 Å². The number of piperidine rings is 2. The number of fused-ring (bicyclic) bond motifs is 2. The quantitative estimate of drug-likeness (QED) is 0.544. The second-order valence-corrected chi connectivity index (χ2v) is 9.86. The maximum absolute atomic E-state index is 13.5. The highest BCUT2D eigenvalue weighted by atomic mass is 19.1. The summed E-state index contributed by atoms with van der Waals surface area (Å²) in [6.07, 6.45) is 2.19. The second kappa shape index (κ2) is 8.70. The molecule has 2 fully saturated rings. The molecule has 2 saturated heterocycles. The molecule has 1 atom stereocenters. The molecule has 3 aliphatic rings. The molecule has 186 valence electrons. The van der Waals surface area contributed by atoms with E-state index >= 15 is 0 Å². The Labute approximate surface area is 205 Å². The predicted molar refractivity (Wildman–Crippen MR) is 129 cm³/mol. The number of H-pyrrole nitrogens is 1. The molecular weight excluding hydrogens is 465 g/mol. The first-order chi connectivity index (χ1) is 17.4. The van der Waals surface area contributed by atoms with Gasteiger partial charge in [0, 0.05) is 44.2 Å². The van der Waals surface area contributed by atoms with Gasteiger partial charge in [0.05, 0.1) is 11.0 Å². The minimum Gasteiger partial charge on any atom is -0.322 e. The molecule has 1 unspecified atom stereocenters. The fraction of sp³-hybridized carbons (Fsp3) is 0.385. The lowest BCUT2D eigenvalue weighted by molar-refractivity contribution is -0.136. The van der Waals surface area contributed by atoms with E-state index in [-0.39, 0.29) is 35.8 Å². The predicted octanol–water partition coefficient (Wildman–Crippen LogP) is 2.07. The summed E-state index contributed by atoms with van der Waals surface area (Å²) in [6, 6.07) is 9.63. The van der Waals surface area contributed by atoms with Crippen molar-refractivity contribution >= 4 is 28.8 Å². The van der Waals surface area contributed by atoms with Crippen LogP contribution in [0.4, 0.5) is 4.39 Å². The Morgan fingerprint density at radius 3 is 2.56 bits per heavy atom. The molecule has 3 amide bonds. The summed E-state index contributed by atoms with van der Waals surface area (Å²) in [7, 11) is 0. The lowest BCUT2D eigenvalue weighted by atomic mass is 10.0. The van der Waals surface area contributed by atoms with Gasteiger partial charge in [-0.15, -0.1) is 0 Å². The molecule has 2 N–H and O–H groups in total. The zero-order valence-corrected chi connectivity index (χ0v) is 19.6. The molecule has 36 heavy (non-hydrogen) atoms. The van der Waals surface area contributed by atoms with Gasteiger partial charge in [0.1, 0.15) is 11.9 Å². The van der Waals surface area contributed by atoms with Crippen LogP contribution in [-0.2, 0) is 22.7 Å². The molecule has 2 aromatic carbocycles. The number of likely N-dealkylation sites (tertiary alicyclic amines) is 1. The fourth-order valence-corrected chi connectivity index (χ4v) is 5.79.